The molecular weight excluding hydrogens is 200 g/mol. The van der Waals surface area contributed by atoms with Crippen LogP contribution in [-0.4, -0.2) is 5.78 Å². The van der Waals surface area contributed by atoms with E-state index in [-0.39, 0.29) is 17.1 Å². The number of hydrogen-bond donors (Lipinski definition) is 0. The van der Waals surface area contributed by atoms with Gasteiger partial charge in [0.2, 0.25) is 0 Å². The fourth-order valence-electron chi connectivity index (χ4n) is 4.00. The molecule has 2 fully saturated rings. The smallest absolute Gasteiger partial charge is 0.157 e. The molecule has 3 nitrogen and oxygen atoms in total. The lowest BCUT2D eigenvalue weighted by molar-refractivity contribution is -0.114. The summed E-state index contributed by atoms with van der Waals surface area (Å²) in [5.74, 6) is 0.346. The Balaban J connectivity index is 2.07. The minimum atomic E-state index is -0.818. The molecule has 0 saturated heterocycles. The van der Waals surface area contributed by atoms with E-state index in [0.29, 0.717) is 6.42 Å². The topological polar surface area (TPSA) is 64.7 Å². The van der Waals surface area contributed by atoms with Crippen LogP contribution < -0.4 is 0 Å². The number of ketones is 1. The Morgan fingerprint density at radius 2 is 2.06 bits per heavy atom. The zero-order valence-corrected chi connectivity index (χ0v) is 8.99. The van der Waals surface area contributed by atoms with Crippen LogP contribution in [0.2, 0.25) is 0 Å². The lowest BCUT2D eigenvalue weighted by atomic mass is 9.83. The first-order valence-corrected chi connectivity index (χ1v) is 5.77. The van der Waals surface area contributed by atoms with E-state index >= 15 is 0 Å². The normalized spacial score (nSPS) is 38.5. The first-order chi connectivity index (χ1) is 7.71. The molecule has 0 radical (unpaired) electrons. The van der Waals surface area contributed by atoms with Gasteiger partial charge in [-0.3, -0.25) is 4.79 Å². The number of carbonyl (C=O) groups excluding carboxylic acids is 1. The second-order valence-electron chi connectivity index (χ2n) is 5.08. The molecule has 2 atom stereocenters. The van der Waals surface area contributed by atoms with Crippen LogP contribution in [0.25, 0.3) is 0 Å². The van der Waals surface area contributed by atoms with Gasteiger partial charge in [0.25, 0.3) is 0 Å². The van der Waals surface area contributed by atoms with Crippen LogP contribution in [0.5, 0.6) is 0 Å². The second-order valence-corrected chi connectivity index (χ2v) is 5.08. The molecule has 0 heterocycles. The highest BCUT2D eigenvalue weighted by Crippen LogP contribution is 2.80. The van der Waals surface area contributed by atoms with Crippen molar-refractivity contribution < 1.29 is 4.79 Å². The van der Waals surface area contributed by atoms with E-state index in [0.717, 1.165) is 31.3 Å². The van der Waals surface area contributed by atoms with Crippen molar-refractivity contribution in [2.75, 3.05) is 0 Å². The SMILES string of the molecule is N#CC1(C#N)C2CCCC21C1=CC(=O)CC1. The van der Waals surface area contributed by atoms with Crippen molar-refractivity contribution >= 4 is 5.78 Å². The molecule has 3 heteroatoms. The standard InChI is InChI=1S/C13H12N2O/c14-7-12(8-15)11-2-1-5-13(11,12)9-3-4-10(16)6-9/h6,11H,1-5H2. The molecule has 3 rings (SSSR count). The molecular formula is C13H12N2O. The van der Waals surface area contributed by atoms with E-state index in [1.54, 1.807) is 6.08 Å². The molecule has 80 valence electrons. The summed E-state index contributed by atoms with van der Waals surface area (Å²) < 4.78 is 0. The van der Waals surface area contributed by atoms with Crippen molar-refractivity contribution in [3.05, 3.63) is 11.6 Å². The Labute approximate surface area is 94.4 Å². The summed E-state index contributed by atoms with van der Waals surface area (Å²) in [7, 11) is 0. The molecule has 0 aromatic carbocycles. The van der Waals surface area contributed by atoms with Crippen molar-refractivity contribution in [3.63, 3.8) is 0 Å². The third-order valence-corrected chi connectivity index (χ3v) is 4.70. The summed E-state index contributed by atoms with van der Waals surface area (Å²) in [6.45, 7) is 0. The van der Waals surface area contributed by atoms with E-state index in [2.05, 4.69) is 12.1 Å². The van der Waals surface area contributed by atoms with Crippen LogP contribution in [0.4, 0.5) is 0 Å². The molecule has 0 aromatic heterocycles. The number of rotatable bonds is 1. The lowest BCUT2D eigenvalue weighted by Gasteiger charge is -2.16. The molecule has 0 aliphatic heterocycles. The Morgan fingerprint density at radius 3 is 2.56 bits per heavy atom. The summed E-state index contributed by atoms with van der Waals surface area (Å²) in [5, 5.41) is 18.5. The predicted octanol–water partition coefficient (Wildman–Crippen LogP) is 2.11. The fourth-order valence-corrected chi connectivity index (χ4v) is 4.00. The van der Waals surface area contributed by atoms with Gasteiger partial charge in [0.1, 0.15) is 0 Å². The number of allylic oxidation sites excluding steroid dienone is 2. The fraction of sp³-hybridized carbons (Fsp3) is 0.615. The second kappa shape index (κ2) is 2.74. The predicted molar refractivity (Wildman–Crippen MR) is 55.8 cm³/mol. The first kappa shape index (κ1) is 9.60. The van der Waals surface area contributed by atoms with E-state index in [1.165, 1.54) is 0 Å². The Kier molecular flexibility index (Phi) is 1.64. The van der Waals surface area contributed by atoms with Crippen molar-refractivity contribution in [2.45, 2.75) is 32.1 Å². The van der Waals surface area contributed by atoms with E-state index in [9.17, 15) is 15.3 Å². The van der Waals surface area contributed by atoms with Gasteiger partial charge in [-0.05, 0) is 25.3 Å². The minimum absolute atomic E-state index is 0.159. The number of nitriles is 2. The maximum absolute atomic E-state index is 11.3. The van der Waals surface area contributed by atoms with Gasteiger partial charge in [-0.25, -0.2) is 0 Å². The Bertz CT molecular complexity index is 477. The molecule has 2 saturated carbocycles. The molecule has 0 amide bonds. The molecule has 0 bridgehead atoms. The Morgan fingerprint density at radius 1 is 1.31 bits per heavy atom. The van der Waals surface area contributed by atoms with Gasteiger partial charge in [-0.15, -0.1) is 0 Å². The average molecular weight is 212 g/mol. The molecule has 2 unspecified atom stereocenters. The van der Waals surface area contributed by atoms with Crippen molar-refractivity contribution in [3.8, 4) is 12.1 Å². The first-order valence-electron chi connectivity index (χ1n) is 5.77. The summed E-state index contributed by atoms with van der Waals surface area (Å²) in [6, 6.07) is 4.45. The van der Waals surface area contributed by atoms with Gasteiger partial charge in [0, 0.05) is 17.8 Å². The maximum Gasteiger partial charge on any atom is 0.157 e. The third kappa shape index (κ3) is 0.780. The average Bonchev–Trinajstić information content (AvgIpc) is 2.71. The van der Waals surface area contributed by atoms with Crippen molar-refractivity contribution in [1.82, 2.24) is 0 Å². The third-order valence-electron chi connectivity index (χ3n) is 4.70. The molecule has 0 aromatic rings. The molecule has 0 N–H and O–H groups in total. The molecule has 16 heavy (non-hydrogen) atoms. The van der Waals surface area contributed by atoms with E-state index < -0.39 is 5.41 Å². The van der Waals surface area contributed by atoms with Crippen LogP contribution in [-0.2, 0) is 4.79 Å². The van der Waals surface area contributed by atoms with E-state index in [4.69, 9.17) is 0 Å². The highest BCUT2D eigenvalue weighted by Gasteiger charge is 2.80. The van der Waals surface area contributed by atoms with Crippen LogP contribution in [0, 0.1) is 39.4 Å². The minimum Gasteiger partial charge on any atom is -0.295 e. The maximum atomic E-state index is 11.3. The largest absolute Gasteiger partial charge is 0.295 e. The zero-order valence-electron chi connectivity index (χ0n) is 8.99. The Hall–Kier alpha value is -1.61. The van der Waals surface area contributed by atoms with Gasteiger partial charge in [-0.2, -0.15) is 10.5 Å². The zero-order chi connectivity index (χ0) is 11.4. The summed E-state index contributed by atoms with van der Waals surface area (Å²) in [5.41, 5.74) is 0.0211. The molecule has 3 aliphatic carbocycles. The van der Waals surface area contributed by atoms with Gasteiger partial charge in [-0.1, -0.05) is 12.0 Å². The van der Waals surface area contributed by atoms with E-state index in [1.807, 2.05) is 0 Å². The van der Waals surface area contributed by atoms with Gasteiger partial charge in [0.05, 0.1) is 12.1 Å². The number of hydrogen-bond acceptors (Lipinski definition) is 3. The number of fused-ring (bicyclic) bond motifs is 1. The monoisotopic (exact) mass is 212 g/mol. The van der Waals surface area contributed by atoms with Crippen molar-refractivity contribution in [2.24, 2.45) is 16.7 Å². The van der Waals surface area contributed by atoms with Crippen molar-refractivity contribution in [1.29, 1.82) is 10.5 Å². The molecule has 3 aliphatic rings. The number of nitrogens with zero attached hydrogens (tertiary/aromatic N) is 2. The van der Waals surface area contributed by atoms with Gasteiger partial charge < -0.3 is 0 Å². The molecule has 0 spiro atoms. The quantitative estimate of drug-likeness (QED) is 0.668. The highest BCUT2D eigenvalue weighted by molar-refractivity contribution is 5.93. The summed E-state index contributed by atoms with van der Waals surface area (Å²) in [6.07, 6.45) is 6.00. The summed E-state index contributed by atoms with van der Waals surface area (Å²) >= 11 is 0. The lowest BCUT2D eigenvalue weighted by Crippen LogP contribution is -2.13. The van der Waals surface area contributed by atoms with Crippen LogP contribution >= 0.6 is 0 Å². The van der Waals surface area contributed by atoms with Crippen LogP contribution in [0.15, 0.2) is 11.6 Å². The highest BCUT2D eigenvalue weighted by atomic mass is 16.1. The van der Waals surface area contributed by atoms with Gasteiger partial charge in [0.15, 0.2) is 11.2 Å². The number of carbonyl (C=O) groups is 1. The van der Waals surface area contributed by atoms with Gasteiger partial charge >= 0.3 is 0 Å². The van der Waals surface area contributed by atoms with Crippen LogP contribution in [0.3, 0.4) is 0 Å². The van der Waals surface area contributed by atoms with Crippen LogP contribution in [0.1, 0.15) is 32.1 Å². The summed E-state index contributed by atoms with van der Waals surface area (Å²) in [4.78, 5) is 11.3.